The lowest BCUT2D eigenvalue weighted by Gasteiger charge is -2.07. The molecule has 0 fully saturated rings. The van der Waals surface area contributed by atoms with E-state index in [0.29, 0.717) is 28.6 Å². The fourth-order valence-corrected chi connectivity index (χ4v) is 2.18. The van der Waals surface area contributed by atoms with Gasteiger partial charge < -0.3 is 5.73 Å². The predicted molar refractivity (Wildman–Crippen MR) is 78.2 cm³/mol. The minimum absolute atomic E-state index is 0.280. The van der Waals surface area contributed by atoms with Crippen LogP contribution in [-0.4, -0.2) is 20.2 Å². The molecule has 0 saturated carbocycles. The van der Waals surface area contributed by atoms with Gasteiger partial charge in [0.05, 0.1) is 6.54 Å². The highest BCUT2D eigenvalue weighted by Crippen LogP contribution is 2.26. The lowest BCUT2D eigenvalue weighted by Crippen LogP contribution is -2.05. The number of anilines is 1. The highest BCUT2D eigenvalue weighted by atomic mass is 35.5. The van der Waals surface area contributed by atoms with Crippen molar-refractivity contribution < 1.29 is 4.39 Å². The molecule has 0 amide bonds. The van der Waals surface area contributed by atoms with Crippen molar-refractivity contribution in [2.24, 2.45) is 0 Å². The van der Waals surface area contributed by atoms with Gasteiger partial charge in [-0.1, -0.05) is 23.7 Å². The maximum Gasteiger partial charge on any atom is 0.184 e. The third-order valence-corrected chi connectivity index (χ3v) is 3.27. The molecule has 2 aromatic carbocycles. The number of nitrogen functional groups attached to an aromatic ring is 1. The summed E-state index contributed by atoms with van der Waals surface area (Å²) in [6.07, 6.45) is 0. The summed E-state index contributed by atoms with van der Waals surface area (Å²) >= 11 is 5.89. The number of aromatic nitrogens is 4. The van der Waals surface area contributed by atoms with Crippen molar-refractivity contribution in [1.82, 2.24) is 20.2 Å². The van der Waals surface area contributed by atoms with Gasteiger partial charge in [-0.2, -0.15) is 0 Å². The number of rotatable bonds is 3. The number of halogens is 2. The maximum absolute atomic E-state index is 12.9. The van der Waals surface area contributed by atoms with Crippen molar-refractivity contribution >= 4 is 17.3 Å². The minimum Gasteiger partial charge on any atom is -0.398 e. The zero-order valence-electron chi connectivity index (χ0n) is 10.9. The second kappa shape index (κ2) is 5.49. The number of benzene rings is 2. The monoisotopic (exact) mass is 303 g/mol. The Balaban J connectivity index is 1.95. The van der Waals surface area contributed by atoms with Crippen LogP contribution >= 0.6 is 11.6 Å². The van der Waals surface area contributed by atoms with Gasteiger partial charge in [-0.25, -0.2) is 9.07 Å². The lowest BCUT2D eigenvalue weighted by molar-refractivity contribution is 0.622. The first-order chi connectivity index (χ1) is 10.1. The average molecular weight is 304 g/mol. The highest BCUT2D eigenvalue weighted by Gasteiger charge is 2.12. The molecule has 0 aliphatic carbocycles. The van der Waals surface area contributed by atoms with Gasteiger partial charge in [0.15, 0.2) is 5.82 Å². The molecule has 0 spiro atoms. The van der Waals surface area contributed by atoms with Crippen LogP contribution in [0.25, 0.3) is 11.4 Å². The van der Waals surface area contributed by atoms with E-state index in [4.69, 9.17) is 17.3 Å². The molecule has 0 saturated heterocycles. The molecule has 0 aliphatic rings. The van der Waals surface area contributed by atoms with Crippen molar-refractivity contribution in [3.05, 3.63) is 58.9 Å². The molecular formula is C14H11ClFN5. The largest absolute Gasteiger partial charge is 0.398 e. The van der Waals surface area contributed by atoms with Crippen LogP contribution in [0.15, 0.2) is 42.5 Å². The van der Waals surface area contributed by atoms with Crippen LogP contribution in [0, 0.1) is 5.82 Å². The van der Waals surface area contributed by atoms with Crippen LogP contribution in [0.4, 0.5) is 10.1 Å². The first kappa shape index (κ1) is 13.5. The van der Waals surface area contributed by atoms with Crippen molar-refractivity contribution in [3.8, 4) is 11.4 Å². The Kier molecular flexibility index (Phi) is 3.53. The smallest absolute Gasteiger partial charge is 0.184 e. The van der Waals surface area contributed by atoms with E-state index in [1.807, 2.05) is 0 Å². The van der Waals surface area contributed by atoms with Crippen LogP contribution in [0.1, 0.15) is 5.56 Å². The van der Waals surface area contributed by atoms with E-state index < -0.39 is 0 Å². The van der Waals surface area contributed by atoms with Gasteiger partial charge in [0.25, 0.3) is 0 Å². The van der Waals surface area contributed by atoms with Crippen molar-refractivity contribution in [2.45, 2.75) is 6.54 Å². The van der Waals surface area contributed by atoms with Gasteiger partial charge in [0, 0.05) is 16.3 Å². The topological polar surface area (TPSA) is 69.6 Å². The number of nitrogens with zero attached hydrogens (tertiary/aromatic N) is 4. The Morgan fingerprint density at radius 1 is 1.14 bits per heavy atom. The van der Waals surface area contributed by atoms with E-state index in [-0.39, 0.29) is 5.82 Å². The van der Waals surface area contributed by atoms with E-state index >= 15 is 0 Å². The molecular weight excluding hydrogens is 293 g/mol. The third-order valence-electron chi connectivity index (χ3n) is 3.03. The first-order valence-electron chi connectivity index (χ1n) is 6.19. The summed E-state index contributed by atoms with van der Waals surface area (Å²) in [5, 5.41) is 12.2. The Morgan fingerprint density at radius 3 is 2.62 bits per heavy atom. The average Bonchev–Trinajstić information content (AvgIpc) is 2.89. The summed E-state index contributed by atoms with van der Waals surface area (Å²) in [6, 6.07) is 11.3. The summed E-state index contributed by atoms with van der Waals surface area (Å²) in [6.45, 7) is 0.421. The molecule has 2 N–H and O–H groups in total. The maximum atomic E-state index is 12.9. The van der Waals surface area contributed by atoms with Gasteiger partial charge in [-0.05, 0) is 46.3 Å². The predicted octanol–water partition coefficient (Wildman–Crippen LogP) is 2.76. The zero-order chi connectivity index (χ0) is 14.8. The Labute approximate surface area is 125 Å². The second-order valence-electron chi connectivity index (χ2n) is 4.52. The van der Waals surface area contributed by atoms with Crippen LogP contribution in [0.5, 0.6) is 0 Å². The molecule has 1 heterocycles. The van der Waals surface area contributed by atoms with Crippen LogP contribution in [0.2, 0.25) is 5.02 Å². The summed E-state index contributed by atoms with van der Waals surface area (Å²) in [7, 11) is 0. The zero-order valence-corrected chi connectivity index (χ0v) is 11.6. The van der Waals surface area contributed by atoms with Crippen LogP contribution in [-0.2, 0) is 6.54 Å². The molecule has 0 atom stereocenters. The molecule has 0 radical (unpaired) electrons. The summed E-state index contributed by atoms with van der Waals surface area (Å²) in [5.74, 6) is 0.256. The molecule has 3 rings (SSSR count). The van der Waals surface area contributed by atoms with Gasteiger partial charge in [-0.15, -0.1) is 5.10 Å². The van der Waals surface area contributed by atoms with Crippen molar-refractivity contribution in [2.75, 3.05) is 5.73 Å². The van der Waals surface area contributed by atoms with E-state index in [9.17, 15) is 4.39 Å². The SMILES string of the molecule is Nc1cc(Cl)ccc1-c1nnnn1Cc1ccc(F)cc1. The second-order valence-corrected chi connectivity index (χ2v) is 4.95. The number of nitrogens with two attached hydrogens (primary N) is 1. The summed E-state index contributed by atoms with van der Waals surface area (Å²) < 4.78 is 14.5. The normalized spacial score (nSPS) is 10.8. The van der Waals surface area contributed by atoms with Crippen LogP contribution in [0.3, 0.4) is 0 Å². The fraction of sp³-hybridized carbons (Fsp3) is 0.0714. The van der Waals surface area contributed by atoms with Gasteiger partial charge >= 0.3 is 0 Å². The first-order valence-corrected chi connectivity index (χ1v) is 6.57. The standard InChI is InChI=1S/C14H11ClFN5/c15-10-3-6-12(13(17)7-10)14-18-19-20-21(14)8-9-1-4-11(16)5-2-9/h1-7H,8,17H2. The molecule has 0 unspecified atom stereocenters. The number of hydrogen-bond donors (Lipinski definition) is 1. The van der Waals surface area contributed by atoms with E-state index in [1.165, 1.54) is 12.1 Å². The molecule has 3 aromatic rings. The van der Waals surface area contributed by atoms with Crippen LogP contribution < -0.4 is 5.73 Å². The fourth-order valence-electron chi connectivity index (χ4n) is 2.00. The van der Waals surface area contributed by atoms with Gasteiger partial charge in [0.2, 0.25) is 0 Å². The molecule has 5 nitrogen and oxygen atoms in total. The highest BCUT2D eigenvalue weighted by molar-refractivity contribution is 6.31. The Morgan fingerprint density at radius 2 is 1.90 bits per heavy atom. The molecule has 0 bridgehead atoms. The summed E-state index contributed by atoms with van der Waals surface area (Å²) in [5.41, 5.74) is 8.04. The Hall–Kier alpha value is -2.47. The minimum atomic E-state index is -0.280. The molecule has 21 heavy (non-hydrogen) atoms. The lowest BCUT2D eigenvalue weighted by atomic mass is 10.1. The number of tetrazole rings is 1. The van der Waals surface area contributed by atoms with Gasteiger partial charge in [-0.3, -0.25) is 0 Å². The van der Waals surface area contributed by atoms with Crippen molar-refractivity contribution in [1.29, 1.82) is 0 Å². The molecule has 1 aromatic heterocycles. The quantitative estimate of drug-likeness (QED) is 0.755. The number of hydrogen-bond acceptors (Lipinski definition) is 4. The van der Waals surface area contributed by atoms with E-state index in [0.717, 1.165) is 5.56 Å². The molecule has 0 aliphatic heterocycles. The third kappa shape index (κ3) is 2.85. The molecule has 106 valence electrons. The Bertz CT molecular complexity index is 769. The van der Waals surface area contributed by atoms with E-state index in [1.54, 1.807) is 35.0 Å². The summed E-state index contributed by atoms with van der Waals surface area (Å²) in [4.78, 5) is 0. The van der Waals surface area contributed by atoms with Crippen molar-refractivity contribution in [3.63, 3.8) is 0 Å². The molecule has 7 heteroatoms. The van der Waals surface area contributed by atoms with Gasteiger partial charge in [0.1, 0.15) is 5.82 Å². The van der Waals surface area contributed by atoms with E-state index in [2.05, 4.69) is 15.5 Å².